The Morgan fingerprint density at radius 3 is 2.17 bits per heavy atom. The topological polar surface area (TPSA) is 94.9 Å². The maximum atomic E-state index is 12.8. The number of aliphatic hydroxyl groups excluding tert-OH is 1. The number of amides is 1. The van der Waals surface area contributed by atoms with E-state index in [0.717, 1.165) is 5.56 Å². The second kappa shape index (κ2) is 8.71. The van der Waals surface area contributed by atoms with Gasteiger partial charge in [0.15, 0.2) is 0 Å². The number of rotatable bonds is 6. The molecule has 1 aliphatic rings. The molecule has 2 aromatic rings. The molecule has 0 aliphatic carbocycles. The fraction of sp³-hybridized carbons (Fsp3) is 0.261. The van der Waals surface area contributed by atoms with Gasteiger partial charge < -0.3 is 15.1 Å². The highest BCUT2D eigenvalue weighted by atomic mass is 35.5. The SMILES string of the molecule is CC(C)c1ccc([C@H]2C(=C(O)c3ccc(Cl)cc3)C(=O)C(=O)N2CCC(=O)O)cc1. The van der Waals surface area contributed by atoms with Crippen molar-refractivity contribution in [2.24, 2.45) is 0 Å². The first kappa shape index (κ1) is 21.6. The van der Waals surface area contributed by atoms with Crippen LogP contribution in [0.4, 0.5) is 0 Å². The molecule has 3 rings (SSSR count). The maximum absolute atomic E-state index is 12.8. The Hall–Kier alpha value is -3.12. The Labute approximate surface area is 179 Å². The molecule has 7 heteroatoms. The van der Waals surface area contributed by atoms with E-state index in [2.05, 4.69) is 13.8 Å². The van der Waals surface area contributed by atoms with Gasteiger partial charge in [0.25, 0.3) is 11.7 Å². The zero-order valence-electron chi connectivity index (χ0n) is 16.6. The summed E-state index contributed by atoms with van der Waals surface area (Å²) in [5.41, 5.74) is 1.99. The summed E-state index contributed by atoms with van der Waals surface area (Å²) in [4.78, 5) is 37.8. The number of benzene rings is 2. The van der Waals surface area contributed by atoms with Gasteiger partial charge in [-0.3, -0.25) is 14.4 Å². The molecule has 0 radical (unpaired) electrons. The van der Waals surface area contributed by atoms with E-state index in [1.54, 1.807) is 36.4 Å². The Morgan fingerprint density at radius 1 is 1.03 bits per heavy atom. The lowest BCUT2D eigenvalue weighted by molar-refractivity contribution is -0.142. The third-order valence-corrected chi connectivity index (χ3v) is 5.40. The monoisotopic (exact) mass is 427 g/mol. The number of Topliss-reactive ketones (excluding diaryl/α,β-unsaturated/α-hetero) is 1. The zero-order valence-corrected chi connectivity index (χ0v) is 17.4. The van der Waals surface area contributed by atoms with Gasteiger partial charge in [-0.1, -0.05) is 49.7 Å². The van der Waals surface area contributed by atoms with Crippen molar-refractivity contribution in [3.63, 3.8) is 0 Å². The van der Waals surface area contributed by atoms with Gasteiger partial charge >= 0.3 is 5.97 Å². The summed E-state index contributed by atoms with van der Waals surface area (Å²) >= 11 is 5.90. The molecule has 0 bridgehead atoms. The number of aliphatic hydroxyl groups is 1. The summed E-state index contributed by atoms with van der Waals surface area (Å²) in [6, 6.07) is 12.8. The summed E-state index contributed by atoms with van der Waals surface area (Å²) in [5.74, 6) is -2.77. The van der Waals surface area contributed by atoms with Gasteiger partial charge in [-0.25, -0.2) is 0 Å². The molecule has 0 aromatic heterocycles. The van der Waals surface area contributed by atoms with Crippen molar-refractivity contribution in [3.05, 3.63) is 75.8 Å². The van der Waals surface area contributed by atoms with E-state index < -0.39 is 23.7 Å². The minimum atomic E-state index is -1.08. The Kier molecular flexibility index (Phi) is 6.27. The average molecular weight is 428 g/mol. The van der Waals surface area contributed by atoms with E-state index in [1.165, 1.54) is 4.90 Å². The van der Waals surface area contributed by atoms with Gasteiger partial charge in [-0.05, 0) is 41.3 Å². The molecule has 0 spiro atoms. The van der Waals surface area contributed by atoms with E-state index in [-0.39, 0.29) is 24.3 Å². The van der Waals surface area contributed by atoms with E-state index >= 15 is 0 Å². The lowest BCUT2D eigenvalue weighted by atomic mass is 9.93. The highest BCUT2D eigenvalue weighted by Gasteiger charge is 2.46. The second-order valence-corrected chi connectivity index (χ2v) is 7.90. The molecule has 2 aromatic carbocycles. The normalized spacial score (nSPS) is 18.3. The van der Waals surface area contributed by atoms with Crippen LogP contribution in [0.3, 0.4) is 0 Å². The Bertz CT molecular complexity index is 1010. The number of carboxylic acid groups (broad SMARTS) is 1. The molecule has 1 heterocycles. The van der Waals surface area contributed by atoms with Crippen molar-refractivity contribution in [3.8, 4) is 0 Å². The van der Waals surface area contributed by atoms with Crippen molar-refractivity contribution in [1.82, 2.24) is 4.90 Å². The Balaban J connectivity index is 2.13. The predicted molar refractivity (Wildman–Crippen MR) is 113 cm³/mol. The number of carboxylic acids is 1. The van der Waals surface area contributed by atoms with Gasteiger partial charge in [-0.15, -0.1) is 0 Å². The zero-order chi connectivity index (χ0) is 22.0. The first-order valence-corrected chi connectivity index (χ1v) is 9.94. The van der Waals surface area contributed by atoms with E-state index in [0.29, 0.717) is 22.1 Å². The molecule has 1 saturated heterocycles. The lowest BCUT2D eigenvalue weighted by Gasteiger charge is -2.25. The van der Waals surface area contributed by atoms with Crippen LogP contribution in [-0.4, -0.2) is 39.3 Å². The van der Waals surface area contributed by atoms with Gasteiger partial charge in [0.1, 0.15) is 5.76 Å². The van der Waals surface area contributed by atoms with Gasteiger partial charge in [0.2, 0.25) is 0 Å². The van der Waals surface area contributed by atoms with Gasteiger partial charge in [0.05, 0.1) is 18.0 Å². The molecule has 1 aliphatic heterocycles. The summed E-state index contributed by atoms with van der Waals surface area (Å²) in [6.45, 7) is 3.96. The fourth-order valence-electron chi connectivity index (χ4n) is 3.50. The number of aliphatic carboxylic acids is 1. The molecule has 1 amide bonds. The molecule has 30 heavy (non-hydrogen) atoms. The number of nitrogens with zero attached hydrogens (tertiary/aromatic N) is 1. The third kappa shape index (κ3) is 4.24. The van der Waals surface area contributed by atoms with Crippen LogP contribution in [0.2, 0.25) is 5.02 Å². The smallest absolute Gasteiger partial charge is 0.305 e. The van der Waals surface area contributed by atoms with Crippen LogP contribution < -0.4 is 0 Å². The van der Waals surface area contributed by atoms with Crippen molar-refractivity contribution in [2.45, 2.75) is 32.2 Å². The largest absolute Gasteiger partial charge is 0.507 e. The van der Waals surface area contributed by atoms with E-state index in [4.69, 9.17) is 16.7 Å². The summed E-state index contributed by atoms with van der Waals surface area (Å²) < 4.78 is 0. The van der Waals surface area contributed by atoms with Crippen LogP contribution in [0.25, 0.3) is 5.76 Å². The standard InChI is InChI=1S/C23H22ClNO5/c1-13(2)14-3-5-15(6-4-14)20-19(21(28)16-7-9-17(24)10-8-16)22(29)23(30)25(20)12-11-18(26)27/h3-10,13,20,28H,11-12H2,1-2H3,(H,26,27)/t20-/m0/s1. The lowest BCUT2D eigenvalue weighted by Crippen LogP contribution is -2.31. The molecule has 1 fully saturated rings. The molecule has 156 valence electrons. The van der Waals surface area contributed by atoms with Crippen molar-refractivity contribution in [1.29, 1.82) is 0 Å². The van der Waals surface area contributed by atoms with E-state index in [1.807, 2.05) is 12.1 Å². The molecular weight excluding hydrogens is 406 g/mol. The number of carbonyl (C=O) groups excluding carboxylic acids is 2. The van der Waals surface area contributed by atoms with Crippen LogP contribution in [0.5, 0.6) is 0 Å². The maximum Gasteiger partial charge on any atom is 0.305 e. The van der Waals surface area contributed by atoms with Crippen LogP contribution >= 0.6 is 11.6 Å². The minimum Gasteiger partial charge on any atom is -0.507 e. The number of likely N-dealkylation sites (tertiary alicyclic amines) is 1. The highest BCUT2D eigenvalue weighted by molar-refractivity contribution is 6.46. The van der Waals surface area contributed by atoms with Crippen molar-refractivity contribution in [2.75, 3.05) is 6.54 Å². The number of hydrogen-bond acceptors (Lipinski definition) is 4. The van der Waals surface area contributed by atoms with Crippen LogP contribution in [-0.2, 0) is 14.4 Å². The molecule has 6 nitrogen and oxygen atoms in total. The van der Waals surface area contributed by atoms with E-state index in [9.17, 15) is 19.5 Å². The minimum absolute atomic E-state index is 0.0648. The summed E-state index contributed by atoms with van der Waals surface area (Å²) in [6.07, 6.45) is -0.311. The van der Waals surface area contributed by atoms with Gasteiger partial charge in [0, 0.05) is 17.1 Å². The number of hydrogen-bond donors (Lipinski definition) is 2. The van der Waals surface area contributed by atoms with Crippen LogP contribution in [0, 0.1) is 0 Å². The van der Waals surface area contributed by atoms with Crippen molar-refractivity contribution < 1.29 is 24.6 Å². The third-order valence-electron chi connectivity index (χ3n) is 5.14. The second-order valence-electron chi connectivity index (χ2n) is 7.46. The fourth-order valence-corrected chi connectivity index (χ4v) is 3.63. The highest BCUT2D eigenvalue weighted by Crippen LogP contribution is 2.39. The first-order chi connectivity index (χ1) is 14.2. The summed E-state index contributed by atoms with van der Waals surface area (Å²) in [5, 5.41) is 20.4. The number of carbonyl (C=O) groups is 3. The van der Waals surface area contributed by atoms with Crippen LogP contribution in [0.1, 0.15) is 48.9 Å². The molecule has 0 saturated carbocycles. The molecule has 2 N–H and O–H groups in total. The first-order valence-electron chi connectivity index (χ1n) is 9.56. The average Bonchev–Trinajstić information content (AvgIpc) is 2.97. The summed E-state index contributed by atoms with van der Waals surface area (Å²) in [7, 11) is 0. The molecular formula is C23H22ClNO5. The predicted octanol–water partition coefficient (Wildman–Crippen LogP) is 4.36. The molecule has 0 unspecified atom stereocenters. The number of halogens is 1. The number of ketones is 1. The van der Waals surface area contributed by atoms with Gasteiger partial charge in [-0.2, -0.15) is 0 Å². The van der Waals surface area contributed by atoms with Crippen molar-refractivity contribution >= 4 is 35.0 Å². The quantitative estimate of drug-likeness (QED) is 0.405. The van der Waals surface area contributed by atoms with Crippen LogP contribution in [0.15, 0.2) is 54.1 Å². The molecule has 1 atom stereocenters. The Morgan fingerprint density at radius 2 is 1.63 bits per heavy atom.